The van der Waals surface area contributed by atoms with E-state index in [0.717, 1.165) is 29.3 Å². The SMILES string of the molecule is COC(CCCCl)(OC)c1c[nH]c2ccccc12. The van der Waals surface area contributed by atoms with E-state index in [0.29, 0.717) is 5.88 Å². The molecule has 3 nitrogen and oxygen atoms in total. The van der Waals surface area contributed by atoms with Crippen LogP contribution in [0, 0.1) is 0 Å². The predicted octanol–water partition coefficient (Wildman–Crippen LogP) is 3.63. The molecule has 2 rings (SSSR count). The number of alkyl halides is 1. The van der Waals surface area contributed by atoms with Crippen molar-refractivity contribution in [3.8, 4) is 0 Å². The molecule has 0 radical (unpaired) electrons. The highest BCUT2D eigenvalue weighted by atomic mass is 35.5. The van der Waals surface area contributed by atoms with Crippen LogP contribution in [0.25, 0.3) is 10.9 Å². The molecule has 18 heavy (non-hydrogen) atoms. The Morgan fingerprint density at radius 3 is 2.61 bits per heavy atom. The van der Waals surface area contributed by atoms with Gasteiger partial charge in [0, 0.05) is 49.2 Å². The van der Waals surface area contributed by atoms with Crippen LogP contribution < -0.4 is 0 Å². The Bertz CT molecular complexity index is 505. The largest absolute Gasteiger partial charge is 0.361 e. The fourth-order valence-electron chi connectivity index (χ4n) is 2.33. The van der Waals surface area contributed by atoms with Gasteiger partial charge in [0.1, 0.15) is 0 Å². The number of hydrogen-bond acceptors (Lipinski definition) is 2. The van der Waals surface area contributed by atoms with Crippen LogP contribution in [0.1, 0.15) is 18.4 Å². The number of para-hydroxylation sites is 1. The molecule has 2 aromatic rings. The van der Waals surface area contributed by atoms with E-state index in [4.69, 9.17) is 21.1 Å². The molecule has 0 unspecified atom stereocenters. The first-order valence-corrected chi connectivity index (χ1v) is 6.53. The Morgan fingerprint density at radius 2 is 1.94 bits per heavy atom. The van der Waals surface area contributed by atoms with Crippen molar-refractivity contribution < 1.29 is 9.47 Å². The second-order valence-corrected chi connectivity index (χ2v) is 4.58. The van der Waals surface area contributed by atoms with Crippen LogP contribution in [-0.4, -0.2) is 25.1 Å². The van der Waals surface area contributed by atoms with Crippen molar-refractivity contribution >= 4 is 22.5 Å². The number of halogens is 1. The van der Waals surface area contributed by atoms with E-state index in [1.54, 1.807) is 14.2 Å². The van der Waals surface area contributed by atoms with Gasteiger partial charge in [-0.15, -0.1) is 11.6 Å². The van der Waals surface area contributed by atoms with Gasteiger partial charge in [0.25, 0.3) is 0 Å². The Kier molecular flexibility index (Phi) is 4.27. The van der Waals surface area contributed by atoms with Gasteiger partial charge < -0.3 is 14.5 Å². The summed E-state index contributed by atoms with van der Waals surface area (Å²) >= 11 is 5.78. The number of fused-ring (bicyclic) bond motifs is 1. The first-order chi connectivity index (χ1) is 8.77. The van der Waals surface area contributed by atoms with E-state index in [-0.39, 0.29) is 0 Å². The highest BCUT2D eigenvalue weighted by Crippen LogP contribution is 2.36. The zero-order chi connectivity index (χ0) is 13.0. The number of aromatic amines is 1. The van der Waals surface area contributed by atoms with E-state index in [1.807, 2.05) is 24.4 Å². The summed E-state index contributed by atoms with van der Waals surface area (Å²) in [5, 5.41) is 1.12. The molecule has 0 spiro atoms. The topological polar surface area (TPSA) is 34.2 Å². The molecule has 0 aliphatic carbocycles. The Hall–Kier alpha value is -1.03. The zero-order valence-electron chi connectivity index (χ0n) is 10.7. The van der Waals surface area contributed by atoms with Gasteiger partial charge >= 0.3 is 0 Å². The second-order valence-electron chi connectivity index (χ2n) is 4.20. The number of nitrogens with one attached hydrogen (secondary N) is 1. The summed E-state index contributed by atoms with van der Waals surface area (Å²) in [4.78, 5) is 3.25. The van der Waals surface area contributed by atoms with Gasteiger partial charge in [-0.1, -0.05) is 18.2 Å². The maximum atomic E-state index is 5.78. The third-order valence-corrected chi connectivity index (χ3v) is 3.57. The van der Waals surface area contributed by atoms with E-state index >= 15 is 0 Å². The summed E-state index contributed by atoms with van der Waals surface area (Å²) in [6.45, 7) is 0. The first kappa shape index (κ1) is 13.4. The zero-order valence-corrected chi connectivity index (χ0v) is 11.5. The van der Waals surface area contributed by atoms with Gasteiger partial charge in [-0.05, 0) is 12.5 Å². The van der Waals surface area contributed by atoms with Gasteiger partial charge in [0.05, 0.1) is 0 Å². The van der Waals surface area contributed by atoms with Crippen molar-refractivity contribution in [1.82, 2.24) is 4.98 Å². The molecule has 1 aromatic heterocycles. The van der Waals surface area contributed by atoms with Gasteiger partial charge in [-0.25, -0.2) is 0 Å². The van der Waals surface area contributed by atoms with Gasteiger partial charge in [0.2, 0.25) is 0 Å². The quantitative estimate of drug-likeness (QED) is 0.641. The van der Waals surface area contributed by atoms with Crippen LogP contribution in [-0.2, 0) is 15.3 Å². The van der Waals surface area contributed by atoms with Crippen LogP contribution in [0.4, 0.5) is 0 Å². The molecule has 1 heterocycles. The molecule has 0 aliphatic rings. The maximum absolute atomic E-state index is 5.78. The Balaban J connectivity index is 2.47. The fraction of sp³-hybridized carbons (Fsp3) is 0.429. The lowest BCUT2D eigenvalue weighted by molar-refractivity contribution is -0.219. The van der Waals surface area contributed by atoms with Crippen molar-refractivity contribution in [1.29, 1.82) is 0 Å². The number of ether oxygens (including phenoxy) is 2. The number of benzene rings is 1. The van der Waals surface area contributed by atoms with Crippen LogP contribution in [0.2, 0.25) is 0 Å². The predicted molar refractivity (Wildman–Crippen MR) is 73.9 cm³/mol. The second kappa shape index (κ2) is 5.74. The molecule has 0 aliphatic heterocycles. The minimum atomic E-state index is -0.728. The lowest BCUT2D eigenvalue weighted by atomic mass is 10.00. The van der Waals surface area contributed by atoms with E-state index < -0.39 is 5.79 Å². The minimum absolute atomic E-state index is 0.594. The first-order valence-electron chi connectivity index (χ1n) is 6.00. The van der Waals surface area contributed by atoms with E-state index in [1.165, 1.54) is 0 Å². The molecule has 98 valence electrons. The maximum Gasteiger partial charge on any atom is 0.196 e. The minimum Gasteiger partial charge on any atom is -0.361 e. The van der Waals surface area contributed by atoms with Crippen LogP contribution in [0.3, 0.4) is 0 Å². The lowest BCUT2D eigenvalue weighted by Crippen LogP contribution is -2.30. The average Bonchev–Trinajstić information content (AvgIpc) is 2.86. The number of aromatic nitrogens is 1. The normalized spacial score (nSPS) is 12.2. The van der Waals surface area contributed by atoms with E-state index in [2.05, 4.69) is 11.1 Å². The Labute approximate surface area is 112 Å². The molecular weight excluding hydrogens is 250 g/mol. The van der Waals surface area contributed by atoms with Gasteiger partial charge in [-0.3, -0.25) is 0 Å². The van der Waals surface area contributed by atoms with Gasteiger partial charge in [0.15, 0.2) is 5.79 Å². The third-order valence-electron chi connectivity index (χ3n) is 3.30. The van der Waals surface area contributed by atoms with E-state index in [9.17, 15) is 0 Å². The summed E-state index contributed by atoms with van der Waals surface area (Å²) in [7, 11) is 3.33. The number of methoxy groups -OCH3 is 2. The van der Waals surface area contributed by atoms with Crippen molar-refractivity contribution in [3.05, 3.63) is 36.0 Å². The smallest absolute Gasteiger partial charge is 0.196 e. The van der Waals surface area contributed by atoms with Gasteiger partial charge in [-0.2, -0.15) is 0 Å². The van der Waals surface area contributed by atoms with Crippen LogP contribution in [0.5, 0.6) is 0 Å². The number of H-pyrrole nitrogens is 1. The molecule has 0 bridgehead atoms. The van der Waals surface area contributed by atoms with Crippen molar-refractivity contribution in [2.75, 3.05) is 20.1 Å². The lowest BCUT2D eigenvalue weighted by Gasteiger charge is -2.30. The standard InChI is InChI=1S/C14H18ClNO2/c1-17-14(18-2,8-5-9-15)12-10-16-13-7-4-3-6-11(12)13/h3-4,6-7,10,16H,5,8-9H2,1-2H3. The summed E-state index contributed by atoms with van der Waals surface area (Å²) in [5.74, 6) is -0.134. The summed E-state index contributed by atoms with van der Waals surface area (Å²) in [6.07, 6.45) is 3.51. The highest BCUT2D eigenvalue weighted by molar-refractivity contribution is 6.17. The summed E-state index contributed by atoms with van der Waals surface area (Å²) in [5.41, 5.74) is 2.10. The number of rotatable bonds is 6. The molecule has 1 aromatic carbocycles. The Morgan fingerprint density at radius 1 is 1.22 bits per heavy atom. The van der Waals surface area contributed by atoms with Crippen LogP contribution in [0.15, 0.2) is 30.5 Å². The molecule has 1 N–H and O–H groups in total. The molecule has 0 fully saturated rings. The number of hydrogen-bond donors (Lipinski definition) is 1. The van der Waals surface area contributed by atoms with Crippen molar-refractivity contribution in [2.24, 2.45) is 0 Å². The fourth-order valence-corrected chi connectivity index (χ4v) is 2.46. The van der Waals surface area contributed by atoms with Crippen LogP contribution >= 0.6 is 11.6 Å². The molecule has 0 atom stereocenters. The molecule has 0 saturated heterocycles. The average molecular weight is 268 g/mol. The summed E-state index contributed by atoms with van der Waals surface area (Å²) in [6, 6.07) is 8.12. The monoisotopic (exact) mass is 267 g/mol. The molecule has 0 saturated carbocycles. The van der Waals surface area contributed by atoms with Crippen molar-refractivity contribution in [3.63, 3.8) is 0 Å². The highest BCUT2D eigenvalue weighted by Gasteiger charge is 2.33. The third kappa shape index (κ3) is 2.26. The molecule has 4 heteroatoms. The molecule has 0 amide bonds. The molecular formula is C14H18ClNO2. The van der Waals surface area contributed by atoms with Crippen molar-refractivity contribution in [2.45, 2.75) is 18.6 Å². The summed E-state index contributed by atoms with van der Waals surface area (Å²) < 4.78 is 11.3.